The third kappa shape index (κ3) is 5.11. The van der Waals surface area contributed by atoms with Crippen LogP contribution in [0.4, 0.5) is 37.7 Å². The Morgan fingerprint density at radius 3 is 2.15 bits per heavy atom. The van der Waals surface area contributed by atoms with Crippen LogP contribution in [0.2, 0.25) is 0 Å². The first kappa shape index (κ1) is 19.5. The minimum absolute atomic E-state index is 0.0238. The zero-order chi connectivity index (χ0) is 19.5. The van der Waals surface area contributed by atoms with E-state index in [1.54, 1.807) is 0 Å². The average Bonchev–Trinajstić information content (AvgIpc) is 2.52. The minimum atomic E-state index is -4.64. The highest BCUT2D eigenvalue weighted by Gasteiger charge is 2.33. The number of hydrogen-bond acceptors (Lipinski definition) is 3. The number of amides is 1. The second kappa shape index (κ2) is 7.22. The van der Waals surface area contributed by atoms with Gasteiger partial charge in [0.1, 0.15) is 12.2 Å². The second-order valence-electron chi connectivity index (χ2n) is 5.30. The van der Waals surface area contributed by atoms with Crippen molar-refractivity contribution in [3.05, 3.63) is 53.3 Å². The highest BCUT2D eigenvalue weighted by Crippen LogP contribution is 2.29. The van der Waals surface area contributed by atoms with Gasteiger partial charge in [0.05, 0.1) is 22.6 Å². The molecule has 0 aliphatic rings. The molecule has 140 valence electrons. The maximum atomic E-state index is 12.6. The molecule has 10 heteroatoms. The Hall–Kier alpha value is -2.78. The number of anilines is 2. The van der Waals surface area contributed by atoms with Crippen LogP contribution in [-0.2, 0) is 6.18 Å². The summed E-state index contributed by atoms with van der Waals surface area (Å²) in [5, 5.41) is 4.52. The summed E-state index contributed by atoms with van der Waals surface area (Å²) in [7, 11) is 0. The quantitative estimate of drug-likeness (QED) is 0.764. The smallest absolute Gasteiger partial charge is 0.375 e. The highest BCUT2D eigenvalue weighted by molar-refractivity contribution is 6.06. The summed E-state index contributed by atoms with van der Waals surface area (Å²) in [6, 6.07) is 7.29. The molecule has 4 nitrogen and oxygen atoms in total. The van der Waals surface area contributed by atoms with Gasteiger partial charge >= 0.3 is 12.4 Å². The van der Waals surface area contributed by atoms with E-state index in [4.69, 9.17) is 0 Å². The van der Waals surface area contributed by atoms with Gasteiger partial charge in [-0.2, -0.15) is 26.3 Å². The van der Waals surface area contributed by atoms with Crippen LogP contribution in [0.3, 0.4) is 0 Å². The van der Waals surface area contributed by atoms with Gasteiger partial charge in [0.25, 0.3) is 5.91 Å². The molecule has 0 aliphatic heterocycles. The van der Waals surface area contributed by atoms with Gasteiger partial charge in [-0.15, -0.1) is 0 Å². The van der Waals surface area contributed by atoms with Crippen molar-refractivity contribution in [2.75, 3.05) is 17.2 Å². The van der Waals surface area contributed by atoms with Gasteiger partial charge < -0.3 is 10.6 Å². The van der Waals surface area contributed by atoms with Crippen molar-refractivity contribution in [1.82, 2.24) is 4.98 Å². The number of carbonyl (C=O) groups excluding carboxylic acids is 1. The first-order valence-corrected chi connectivity index (χ1v) is 7.23. The van der Waals surface area contributed by atoms with Crippen LogP contribution >= 0.6 is 0 Å². The molecule has 0 unspecified atom stereocenters. The normalized spacial score (nSPS) is 12.0. The van der Waals surface area contributed by atoms with E-state index in [0.29, 0.717) is 6.07 Å². The third-order valence-electron chi connectivity index (χ3n) is 3.28. The number of pyridine rings is 1. The van der Waals surface area contributed by atoms with Crippen molar-refractivity contribution >= 4 is 17.3 Å². The minimum Gasteiger partial charge on any atom is -0.375 e. The molecule has 26 heavy (non-hydrogen) atoms. The molecule has 0 fully saturated rings. The standard InChI is InChI=1S/C16H13F6N3O/c1-9-10(6-7-13(24-9)16(20,21)22)14(26)25-12-5-3-2-4-11(12)23-8-15(17,18)19/h2-7,23H,8H2,1H3,(H,25,26). The Morgan fingerprint density at radius 1 is 1.00 bits per heavy atom. The summed E-state index contributed by atoms with van der Waals surface area (Å²) in [4.78, 5) is 15.6. The van der Waals surface area contributed by atoms with E-state index in [2.05, 4.69) is 15.6 Å². The summed E-state index contributed by atoms with van der Waals surface area (Å²) >= 11 is 0. The number of carbonyl (C=O) groups is 1. The molecule has 0 radical (unpaired) electrons. The fourth-order valence-corrected chi connectivity index (χ4v) is 2.09. The molecular formula is C16H13F6N3O. The number of hydrogen-bond donors (Lipinski definition) is 2. The molecule has 1 amide bonds. The summed E-state index contributed by atoms with van der Waals surface area (Å²) in [6.07, 6.45) is -9.10. The fraction of sp³-hybridized carbons (Fsp3) is 0.250. The van der Waals surface area contributed by atoms with Crippen molar-refractivity contribution in [3.63, 3.8) is 0 Å². The molecule has 0 saturated carbocycles. The Bertz CT molecular complexity index is 801. The molecule has 0 spiro atoms. The van der Waals surface area contributed by atoms with Crippen LogP contribution in [0.25, 0.3) is 0 Å². The zero-order valence-electron chi connectivity index (χ0n) is 13.3. The summed E-state index contributed by atoms with van der Waals surface area (Å²) in [5.41, 5.74) is -1.34. The van der Waals surface area contributed by atoms with Crippen molar-refractivity contribution in [3.8, 4) is 0 Å². The SMILES string of the molecule is Cc1nc(C(F)(F)F)ccc1C(=O)Nc1ccccc1NCC(F)(F)F. The molecule has 0 atom stereocenters. The number of rotatable bonds is 4. The van der Waals surface area contributed by atoms with Crippen LogP contribution in [0, 0.1) is 6.92 Å². The number of halogens is 6. The molecule has 2 N–H and O–H groups in total. The van der Waals surface area contributed by atoms with Gasteiger partial charge in [-0.3, -0.25) is 4.79 Å². The predicted molar refractivity (Wildman–Crippen MR) is 82.9 cm³/mol. The van der Waals surface area contributed by atoms with Gasteiger partial charge in [0.15, 0.2) is 0 Å². The second-order valence-corrected chi connectivity index (χ2v) is 5.30. The van der Waals surface area contributed by atoms with Crippen LogP contribution in [-0.4, -0.2) is 23.6 Å². The van der Waals surface area contributed by atoms with E-state index in [1.165, 1.54) is 31.2 Å². The lowest BCUT2D eigenvalue weighted by Crippen LogP contribution is -2.22. The molecule has 0 aliphatic carbocycles. The molecule has 0 bridgehead atoms. The van der Waals surface area contributed by atoms with Gasteiger partial charge in [0, 0.05) is 0 Å². The number of para-hydroxylation sites is 2. The van der Waals surface area contributed by atoms with E-state index < -0.39 is 30.5 Å². The maximum absolute atomic E-state index is 12.6. The van der Waals surface area contributed by atoms with Gasteiger partial charge in [-0.1, -0.05) is 12.1 Å². The molecule has 1 aromatic carbocycles. The number of aryl methyl sites for hydroxylation is 1. The molecule has 2 aromatic rings. The van der Waals surface area contributed by atoms with Crippen molar-refractivity contribution in [2.24, 2.45) is 0 Å². The number of benzene rings is 1. The van der Waals surface area contributed by atoms with Gasteiger partial charge in [-0.05, 0) is 31.2 Å². The van der Waals surface area contributed by atoms with Crippen LogP contribution < -0.4 is 10.6 Å². The maximum Gasteiger partial charge on any atom is 0.433 e. The lowest BCUT2D eigenvalue weighted by atomic mass is 10.1. The van der Waals surface area contributed by atoms with Crippen LogP contribution in [0.5, 0.6) is 0 Å². The largest absolute Gasteiger partial charge is 0.433 e. The van der Waals surface area contributed by atoms with E-state index >= 15 is 0 Å². The summed E-state index contributed by atoms with van der Waals surface area (Å²) < 4.78 is 74.9. The number of alkyl halides is 6. The monoisotopic (exact) mass is 377 g/mol. The predicted octanol–water partition coefficient (Wildman–Crippen LogP) is 4.64. The first-order chi connectivity index (χ1) is 12.0. The van der Waals surface area contributed by atoms with Gasteiger partial charge in [-0.25, -0.2) is 4.98 Å². The molecule has 1 aromatic heterocycles. The Kier molecular flexibility index (Phi) is 5.43. The number of aromatic nitrogens is 1. The molecular weight excluding hydrogens is 364 g/mol. The van der Waals surface area contributed by atoms with Crippen molar-refractivity contribution in [2.45, 2.75) is 19.3 Å². The van der Waals surface area contributed by atoms with Crippen LogP contribution in [0.1, 0.15) is 21.7 Å². The molecule has 0 saturated heterocycles. The van der Waals surface area contributed by atoms with Crippen molar-refractivity contribution in [1.29, 1.82) is 0 Å². The first-order valence-electron chi connectivity index (χ1n) is 7.23. The van der Waals surface area contributed by atoms with Gasteiger partial charge in [0.2, 0.25) is 0 Å². The van der Waals surface area contributed by atoms with E-state index in [-0.39, 0.29) is 22.6 Å². The third-order valence-corrected chi connectivity index (χ3v) is 3.28. The summed E-state index contributed by atoms with van der Waals surface area (Å²) in [5.74, 6) is -0.787. The van der Waals surface area contributed by atoms with Crippen LogP contribution in [0.15, 0.2) is 36.4 Å². The number of nitrogens with zero attached hydrogens (tertiary/aromatic N) is 1. The lowest BCUT2D eigenvalue weighted by molar-refractivity contribution is -0.141. The zero-order valence-corrected chi connectivity index (χ0v) is 13.3. The number of nitrogens with one attached hydrogen (secondary N) is 2. The average molecular weight is 377 g/mol. The van der Waals surface area contributed by atoms with Crippen molar-refractivity contribution < 1.29 is 31.1 Å². The molecule has 2 rings (SSSR count). The molecule has 1 heterocycles. The van der Waals surface area contributed by atoms with E-state index in [0.717, 1.165) is 6.07 Å². The lowest BCUT2D eigenvalue weighted by Gasteiger charge is -2.15. The Labute approximate surface area is 144 Å². The topological polar surface area (TPSA) is 54.0 Å². The highest BCUT2D eigenvalue weighted by atomic mass is 19.4. The summed E-state index contributed by atoms with van der Waals surface area (Å²) in [6.45, 7) is -0.0707. The Balaban J connectivity index is 2.20. The fourth-order valence-electron chi connectivity index (χ4n) is 2.09. The van der Waals surface area contributed by atoms with E-state index in [1.807, 2.05) is 0 Å². The Morgan fingerprint density at radius 2 is 1.62 bits per heavy atom. The van der Waals surface area contributed by atoms with E-state index in [9.17, 15) is 31.1 Å².